The summed E-state index contributed by atoms with van der Waals surface area (Å²) in [6.07, 6.45) is 3.66. The zero-order chi connectivity index (χ0) is 21.8. The van der Waals surface area contributed by atoms with Crippen molar-refractivity contribution in [3.8, 4) is 11.4 Å². The molecule has 2 heterocycles. The van der Waals surface area contributed by atoms with E-state index in [2.05, 4.69) is 20.4 Å². The Labute approximate surface area is 176 Å². The predicted molar refractivity (Wildman–Crippen MR) is 110 cm³/mol. The van der Waals surface area contributed by atoms with Crippen LogP contribution in [-0.4, -0.2) is 31.4 Å². The van der Waals surface area contributed by atoms with Gasteiger partial charge in [0.2, 0.25) is 23.4 Å². The molecule has 0 aliphatic carbocycles. The van der Waals surface area contributed by atoms with Crippen molar-refractivity contribution >= 4 is 17.4 Å². The number of ketones is 1. The first-order valence-corrected chi connectivity index (χ1v) is 9.50. The molecular formula is C22H18FN5O3. The Hall–Kier alpha value is -4.14. The van der Waals surface area contributed by atoms with Gasteiger partial charge in [-0.2, -0.15) is 4.98 Å². The number of nitrogens with one attached hydrogen (secondary N) is 1. The molecule has 0 aliphatic rings. The van der Waals surface area contributed by atoms with E-state index in [0.29, 0.717) is 34.4 Å². The van der Waals surface area contributed by atoms with Gasteiger partial charge in [-0.05, 0) is 48.5 Å². The fourth-order valence-electron chi connectivity index (χ4n) is 2.94. The molecule has 1 amide bonds. The minimum Gasteiger partial charge on any atom is -0.339 e. The van der Waals surface area contributed by atoms with Crippen molar-refractivity contribution in [3.05, 3.63) is 84.0 Å². The van der Waals surface area contributed by atoms with Crippen molar-refractivity contribution in [2.75, 3.05) is 5.32 Å². The van der Waals surface area contributed by atoms with Crippen molar-refractivity contribution in [1.29, 1.82) is 0 Å². The number of hydrogen-bond acceptors (Lipinski definition) is 6. The minimum atomic E-state index is -0.349. The number of amides is 1. The summed E-state index contributed by atoms with van der Waals surface area (Å²) in [5.74, 6) is 0.215. The maximum absolute atomic E-state index is 13.0. The van der Waals surface area contributed by atoms with Gasteiger partial charge in [0.1, 0.15) is 5.82 Å². The molecule has 2 aromatic heterocycles. The van der Waals surface area contributed by atoms with E-state index in [-0.39, 0.29) is 30.3 Å². The Morgan fingerprint density at radius 3 is 2.52 bits per heavy atom. The maximum Gasteiger partial charge on any atom is 0.228 e. The summed E-state index contributed by atoms with van der Waals surface area (Å²) >= 11 is 0. The Balaban J connectivity index is 1.31. The largest absolute Gasteiger partial charge is 0.339 e. The number of imidazole rings is 1. The normalized spacial score (nSPS) is 10.8. The second kappa shape index (κ2) is 8.70. The Bertz CT molecular complexity index is 1210. The molecule has 0 aliphatic heterocycles. The van der Waals surface area contributed by atoms with E-state index >= 15 is 0 Å². The molecule has 156 valence electrons. The zero-order valence-corrected chi connectivity index (χ0v) is 16.6. The number of aromatic nitrogens is 4. The van der Waals surface area contributed by atoms with Gasteiger partial charge >= 0.3 is 0 Å². The lowest BCUT2D eigenvalue weighted by Crippen LogP contribution is -2.13. The Morgan fingerprint density at radius 1 is 1.10 bits per heavy atom. The lowest BCUT2D eigenvalue weighted by Gasteiger charge is -2.06. The number of nitrogens with zero attached hydrogens (tertiary/aromatic N) is 4. The lowest BCUT2D eigenvalue weighted by molar-refractivity contribution is -0.116. The van der Waals surface area contributed by atoms with Gasteiger partial charge in [-0.15, -0.1) is 0 Å². The molecule has 0 bridgehead atoms. The highest BCUT2D eigenvalue weighted by molar-refractivity contribution is 6.07. The quantitative estimate of drug-likeness (QED) is 0.461. The van der Waals surface area contributed by atoms with Gasteiger partial charge in [0.05, 0.1) is 0 Å². The number of carbonyl (C=O) groups excluding carboxylic acids is 2. The summed E-state index contributed by atoms with van der Waals surface area (Å²) in [5.41, 5.74) is 1.67. The fourth-order valence-corrected chi connectivity index (χ4v) is 2.94. The average Bonchev–Trinajstić information content (AvgIpc) is 3.42. The first-order valence-electron chi connectivity index (χ1n) is 9.50. The minimum absolute atomic E-state index is 0.138. The van der Waals surface area contributed by atoms with Crippen LogP contribution in [0.2, 0.25) is 0 Å². The van der Waals surface area contributed by atoms with Crippen LogP contribution in [0.3, 0.4) is 0 Å². The highest BCUT2D eigenvalue weighted by Crippen LogP contribution is 2.17. The molecule has 4 rings (SSSR count). The van der Waals surface area contributed by atoms with Crippen molar-refractivity contribution < 1.29 is 18.5 Å². The summed E-state index contributed by atoms with van der Waals surface area (Å²) in [5, 5.41) is 6.62. The standard InChI is InChI=1S/C22H18FN5O3/c1-28-13-12-24-22(28)20(30)14-4-8-17(9-5-14)25-18(29)10-11-19-26-21(27-31-19)15-2-6-16(23)7-3-15/h2-9,12-13H,10-11H2,1H3,(H,25,29). The molecule has 0 spiro atoms. The van der Waals surface area contributed by atoms with Gasteiger partial charge in [0.25, 0.3) is 0 Å². The van der Waals surface area contributed by atoms with Crippen LogP contribution in [0.5, 0.6) is 0 Å². The second-order valence-electron chi connectivity index (χ2n) is 6.84. The molecule has 4 aromatic rings. The van der Waals surface area contributed by atoms with E-state index in [4.69, 9.17) is 4.52 Å². The third kappa shape index (κ3) is 4.72. The molecule has 0 atom stereocenters. The predicted octanol–water partition coefficient (Wildman–Crippen LogP) is 3.41. The highest BCUT2D eigenvalue weighted by atomic mass is 19.1. The van der Waals surface area contributed by atoms with Gasteiger partial charge < -0.3 is 14.4 Å². The van der Waals surface area contributed by atoms with Crippen molar-refractivity contribution in [3.63, 3.8) is 0 Å². The summed E-state index contributed by atoms with van der Waals surface area (Å²) in [6.45, 7) is 0. The molecule has 31 heavy (non-hydrogen) atoms. The van der Waals surface area contributed by atoms with Crippen LogP contribution >= 0.6 is 0 Å². The third-order valence-electron chi connectivity index (χ3n) is 4.59. The van der Waals surface area contributed by atoms with Crippen LogP contribution in [0.1, 0.15) is 28.5 Å². The van der Waals surface area contributed by atoms with Gasteiger partial charge in [-0.1, -0.05) is 5.16 Å². The van der Waals surface area contributed by atoms with E-state index in [0.717, 1.165) is 0 Å². The van der Waals surface area contributed by atoms with Gasteiger partial charge in [0, 0.05) is 49.1 Å². The molecule has 1 N–H and O–H groups in total. The van der Waals surface area contributed by atoms with Gasteiger partial charge in [0.15, 0.2) is 5.82 Å². The molecule has 0 fully saturated rings. The molecule has 0 unspecified atom stereocenters. The Kier molecular flexibility index (Phi) is 5.65. The molecule has 9 heteroatoms. The highest BCUT2D eigenvalue weighted by Gasteiger charge is 2.14. The van der Waals surface area contributed by atoms with Crippen LogP contribution in [0, 0.1) is 5.82 Å². The number of anilines is 1. The van der Waals surface area contributed by atoms with E-state index in [1.54, 1.807) is 60.4 Å². The fraction of sp³-hybridized carbons (Fsp3) is 0.136. The van der Waals surface area contributed by atoms with E-state index in [1.165, 1.54) is 12.1 Å². The number of aryl methyl sites for hydroxylation is 2. The monoisotopic (exact) mass is 419 g/mol. The summed E-state index contributed by atoms with van der Waals surface area (Å²) in [7, 11) is 1.75. The van der Waals surface area contributed by atoms with Crippen LogP contribution in [0.25, 0.3) is 11.4 Å². The maximum atomic E-state index is 13.0. The molecule has 0 saturated carbocycles. The van der Waals surface area contributed by atoms with Crippen LogP contribution in [0.15, 0.2) is 65.4 Å². The van der Waals surface area contributed by atoms with Crippen molar-refractivity contribution in [2.45, 2.75) is 12.8 Å². The smallest absolute Gasteiger partial charge is 0.228 e. The van der Waals surface area contributed by atoms with E-state index < -0.39 is 0 Å². The molecule has 0 saturated heterocycles. The van der Waals surface area contributed by atoms with Gasteiger partial charge in [-0.25, -0.2) is 9.37 Å². The first-order chi connectivity index (χ1) is 15.0. The lowest BCUT2D eigenvalue weighted by atomic mass is 10.1. The van der Waals surface area contributed by atoms with E-state index in [1.807, 2.05) is 0 Å². The SMILES string of the molecule is Cn1ccnc1C(=O)c1ccc(NC(=O)CCc2nc(-c3ccc(F)cc3)no2)cc1. The van der Waals surface area contributed by atoms with Crippen molar-refractivity contribution in [1.82, 2.24) is 19.7 Å². The number of benzene rings is 2. The van der Waals surface area contributed by atoms with Crippen molar-refractivity contribution in [2.24, 2.45) is 7.05 Å². The van der Waals surface area contributed by atoms with Gasteiger partial charge in [-0.3, -0.25) is 9.59 Å². The Morgan fingerprint density at radius 2 is 1.84 bits per heavy atom. The molecule has 0 radical (unpaired) electrons. The van der Waals surface area contributed by atoms with Crippen LogP contribution < -0.4 is 5.32 Å². The average molecular weight is 419 g/mol. The molecule has 2 aromatic carbocycles. The summed E-state index contributed by atoms with van der Waals surface area (Å²) < 4.78 is 19.8. The molecule has 8 nitrogen and oxygen atoms in total. The number of halogens is 1. The number of carbonyl (C=O) groups is 2. The zero-order valence-electron chi connectivity index (χ0n) is 16.6. The first kappa shape index (κ1) is 20.1. The van der Waals surface area contributed by atoms with E-state index in [9.17, 15) is 14.0 Å². The summed E-state index contributed by atoms with van der Waals surface area (Å²) in [4.78, 5) is 32.9. The topological polar surface area (TPSA) is 103 Å². The van der Waals surface area contributed by atoms with Crippen LogP contribution in [0.4, 0.5) is 10.1 Å². The number of hydrogen-bond donors (Lipinski definition) is 1. The van der Waals surface area contributed by atoms with Crippen LogP contribution in [-0.2, 0) is 18.3 Å². The number of rotatable bonds is 7. The molecular weight excluding hydrogens is 401 g/mol. The third-order valence-corrected chi connectivity index (χ3v) is 4.59. The second-order valence-corrected chi connectivity index (χ2v) is 6.84. The summed E-state index contributed by atoms with van der Waals surface area (Å²) in [6, 6.07) is 12.3.